The zero-order valence-electron chi connectivity index (χ0n) is 16.5. The van der Waals surface area contributed by atoms with Gasteiger partial charge in [0.25, 0.3) is 0 Å². The molecule has 1 aromatic rings. The Morgan fingerprint density at radius 2 is 1.81 bits per heavy atom. The Morgan fingerprint density at radius 1 is 1.11 bits per heavy atom. The molecule has 0 aromatic heterocycles. The standard InChI is InChI=1S/C22H30O5/c1-16(2)26-20-8-6-4-5-7-9-21(20)27-22(24)14-18-10-12-19(13-11-18)15-25-17(3)23/h7,9-13,16,20-21H,4-6,8,14-15H2,1-3H3/b9-7+. The molecule has 0 saturated carbocycles. The first-order valence-corrected chi connectivity index (χ1v) is 9.67. The quantitative estimate of drug-likeness (QED) is 0.530. The van der Waals surface area contributed by atoms with Gasteiger partial charge in [-0.3, -0.25) is 9.59 Å². The van der Waals surface area contributed by atoms with E-state index in [2.05, 4.69) is 6.08 Å². The molecule has 0 bridgehead atoms. The van der Waals surface area contributed by atoms with E-state index in [-0.39, 0.29) is 43.3 Å². The number of esters is 2. The third-order valence-electron chi connectivity index (χ3n) is 4.33. The molecule has 1 aromatic carbocycles. The van der Waals surface area contributed by atoms with Crippen LogP contribution in [0.1, 0.15) is 57.6 Å². The number of carbonyl (C=O) groups excluding carboxylic acids is 2. The van der Waals surface area contributed by atoms with Gasteiger partial charge in [0.05, 0.1) is 18.6 Å². The predicted octanol–water partition coefficient (Wildman–Crippen LogP) is 4.13. The monoisotopic (exact) mass is 374 g/mol. The van der Waals surface area contributed by atoms with Crippen LogP contribution in [0.5, 0.6) is 0 Å². The number of hydrogen-bond acceptors (Lipinski definition) is 5. The fourth-order valence-electron chi connectivity index (χ4n) is 3.03. The van der Waals surface area contributed by atoms with Crippen molar-refractivity contribution in [2.75, 3.05) is 0 Å². The van der Waals surface area contributed by atoms with E-state index in [0.29, 0.717) is 0 Å². The summed E-state index contributed by atoms with van der Waals surface area (Å²) in [6.45, 7) is 5.61. The van der Waals surface area contributed by atoms with Gasteiger partial charge in [0.1, 0.15) is 12.7 Å². The largest absolute Gasteiger partial charge is 0.461 e. The van der Waals surface area contributed by atoms with Crippen LogP contribution in [-0.2, 0) is 36.8 Å². The van der Waals surface area contributed by atoms with Crippen LogP contribution in [0.3, 0.4) is 0 Å². The average Bonchev–Trinajstić information content (AvgIpc) is 2.59. The molecule has 0 heterocycles. The van der Waals surface area contributed by atoms with E-state index in [1.54, 1.807) is 0 Å². The van der Waals surface area contributed by atoms with Crippen molar-refractivity contribution >= 4 is 11.9 Å². The molecule has 0 fully saturated rings. The summed E-state index contributed by atoms with van der Waals surface area (Å²) in [4.78, 5) is 23.3. The van der Waals surface area contributed by atoms with Crippen molar-refractivity contribution < 1.29 is 23.8 Å². The van der Waals surface area contributed by atoms with E-state index < -0.39 is 0 Å². The van der Waals surface area contributed by atoms with Gasteiger partial charge < -0.3 is 14.2 Å². The van der Waals surface area contributed by atoms with Crippen LogP contribution in [0, 0.1) is 0 Å². The third kappa shape index (κ3) is 7.95. The molecule has 0 amide bonds. The lowest BCUT2D eigenvalue weighted by Crippen LogP contribution is -2.35. The normalized spacial score (nSPS) is 21.2. The Kier molecular flexibility index (Phi) is 8.52. The number of benzene rings is 1. The minimum atomic E-state index is -0.344. The van der Waals surface area contributed by atoms with Gasteiger partial charge in [-0.25, -0.2) is 0 Å². The molecule has 1 aliphatic rings. The number of rotatable bonds is 7. The maximum Gasteiger partial charge on any atom is 0.310 e. The second-order valence-corrected chi connectivity index (χ2v) is 7.16. The number of allylic oxidation sites excluding steroid dienone is 1. The number of ether oxygens (including phenoxy) is 3. The lowest BCUT2D eigenvalue weighted by atomic mass is 10.0. The Labute approximate surface area is 161 Å². The maximum absolute atomic E-state index is 12.4. The molecule has 0 radical (unpaired) electrons. The first-order chi connectivity index (χ1) is 12.9. The summed E-state index contributed by atoms with van der Waals surface area (Å²) < 4.78 is 16.7. The van der Waals surface area contributed by atoms with Gasteiger partial charge >= 0.3 is 11.9 Å². The summed E-state index contributed by atoms with van der Waals surface area (Å²) in [5.74, 6) is -0.580. The second-order valence-electron chi connectivity index (χ2n) is 7.16. The molecule has 27 heavy (non-hydrogen) atoms. The van der Waals surface area contributed by atoms with Gasteiger partial charge in [-0.1, -0.05) is 36.8 Å². The summed E-state index contributed by atoms with van der Waals surface area (Å²) in [5.41, 5.74) is 1.75. The summed E-state index contributed by atoms with van der Waals surface area (Å²) in [7, 11) is 0. The highest BCUT2D eigenvalue weighted by Gasteiger charge is 2.25. The summed E-state index contributed by atoms with van der Waals surface area (Å²) >= 11 is 0. The Balaban J connectivity index is 1.93. The number of carbonyl (C=O) groups is 2. The van der Waals surface area contributed by atoms with Gasteiger partial charge in [-0.2, -0.15) is 0 Å². The minimum Gasteiger partial charge on any atom is -0.461 e. The van der Waals surface area contributed by atoms with Crippen LogP contribution in [0.4, 0.5) is 0 Å². The summed E-state index contributed by atoms with van der Waals surface area (Å²) in [6, 6.07) is 7.42. The third-order valence-corrected chi connectivity index (χ3v) is 4.33. The summed E-state index contributed by atoms with van der Waals surface area (Å²) in [5, 5.41) is 0. The Hall–Kier alpha value is -2.14. The fraction of sp³-hybridized carbons (Fsp3) is 0.545. The highest BCUT2D eigenvalue weighted by atomic mass is 16.6. The fourth-order valence-corrected chi connectivity index (χ4v) is 3.03. The van der Waals surface area contributed by atoms with Gasteiger partial charge in [-0.05, 0) is 50.3 Å². The van der Waals surface area contributed by atoms with Crippen molar-refractivity contribution in [3.8, 4) is 0 Å². The smallest absolute Gasteiger partial charge is 0.310 e. The van der Waals surface area contributed by atoms with Crippen LogP contribution < -0.4 is 0 Å². The molecule has 0 saturated heterocycles. The van der Waals surface area contributed by atoms with E-state index in [9.17, 15) is 9.59 Å². The molecule has 2 unspecified atom stereocenters. The van der Waals surface area contributed by atoms with Crippen LogP contribution in [-0.4, -0.2) is 30.3 Å². The van der Waals surface area contributed by atoms with Crippen molar-refractivity contribution in [3.63, 3.8) is 0 Å². The zero-order chi connectivity index (χ0) is 19.6. The molecular weight excluding hydrogens is 344 g/mol. The molecule has 0 aliphatic heterocycles. The van der Waals surface area contributed by atoms with Crippen LogP contribution >= 0.6 is 0 Å². The van der Waals surface area contributed by atoms with Crippen molar-refractivity contribution in [1.82, 2.24) is 0 Å². The molecule has 2 atom stereocenters. The van der Waals surface area contributed by atoms with Crippen LogP contribution in [0.2, 0.25) is 0 Å². The average molecular weight is 374 g/mol. The maximum atomic E-state index is 12.4. The van der Waals surface area contributed by atoms with Gasteiger partial charge in [0, 0.05) is 6.92 Å². The minimum absolute atomic E-state index is 0.0915. The van der Waals surface area contributed by atoms with E-state index >= 15 is 0 Å². The Morgan fingerprint density at radius 3 is 2.48 bits per heavy atom. The topological polar surface area (TPSA) is 61.8 Å². The molecule has 1 aliphatic carbocycles. The van der Waals surface area contributed by atoms with Gasteiger partial charge in [0.15, 0.2) is 0 Å². The molecular formula is C22H30O5. The molecule has 5 heteroatoms. The van der Waals surface area contributed by atoms with E-state index in [4.69, 9.17) is 14.2 Å². The first kappa shape index (κ1) is 21.2. The second kappa shape index (κ2) is 10.9. The van der Waals surface area contributed by atoms with Crippen molar-refractivity contribution in [3.05, 3.63) is 47.5 Å². The molecule has 0 spiro atoms. The lowest BCUT2D eigenvalue weighted by molar-refractivity contribution is -0.155. The summed E-state index contributed by atoms with van der Waals surface area (Å²) in [6.07, 6.45) is 8.00. The highest BCUT2D eigenvalue weighted by molar-refractivity contribution is 5.73. The molecule has 2 rings (SSSR count). The van der Waals surface area contributed by atoms with Crippen molar-refractivity contribution in [2.45, 2.75) is 77.8 Å². The van der Waals surface area contributed by atoms with E-state index in [1.165, 1.54) is 6.92 Å². The van der Waals surface area contributed by atoms with Crippen molar-refractivity contribution in [1.29, 1.82) is 0 Å². The molecule has 0 N–H and O–H groups in total. The van der Waals surface area contributed by atoms with Gasteiger partial charge in [0.2, 0.25) is 0 Å². The zero-order valence-corrected chi connectivity index (χ0v) is 16.5. The SMILES string of the molecule is CC(=O)OCc1ccc(CC(=O)OC2/C=C/CCCCC2OC(C)C)cc1. The van der Waals surface area contributed by atoms with Crippen molar-refractivity contribution in [2.24, 2.45) is 0 Å². The lowest BCUT2D eigenvalue weighted by Gasteiger charge is -2.28. The van der Waals surface area contributed by atoms with E-state index in [0.717, 1.165) is 36.8 Å². The van der Waals surface area contributed by atoms with Crippen LogP contribution in [0.15, 0.2) is 36.4 Å². The Bertz CT molecular complexity index is 633. The highest BCUT2D eigenvalue weighted by Crippen LogP contribution is 2.20. The van der Waals surface area contributed by atoms with Gasteiger partial charge in [-0.15, -0.1) is 0 Å². The first-order valence-electron chi connectivity index (χ1n) is 9.67. The van der Waals surface area contributed by atoms with E-state index in [1.807, 2.05) is 44.2 Å². The van der Waals surface area contributed by atoms with Crippen LogP contribution in [0.25, 0.3) is 0 Å². The predicted molar refractivity (Wildman–Crippen MR) is 103 cm³/mol. The molecule has 5 nitrogen and oxygen atoms in total. The number of hydrogen-bond donors (Lipinski definition) is 0. The molecule has 148 valence electrons.